The number of hydrogen-bond acceptors (Lipinski definition) is 3. The summed E-state index contributed by atoms with van der Waals surface area (Å²) < 4.78 is 2.00. The summed E-state index contributed by atoms with van der Waals surface area (Å²) in [5.74, 6) is 1.50. The molecule has 1 N–H and O–H groups in total. The van der Waals surface area contributed by atoms with E-state index < -0.39 is 0 Å². The maximum absolute atomic E-state index is 12.4. The summed E-state index contributed by atoms with van der Waals surface area (Å²) in [4.78, 5) is 18.7. The number of nitrogens with one attached hydrogen (secondary N) is 1. The van der Waals surface area contributed by atoms with Gasteiger partial charge in [-0.3, -0.25) is 4.79 Å². The van der Waals surface area contributed by atoms with Crippen LogP contribution in [0.15, 0.2) is 12.4 Å². The van der Waals surface area contributed by atoms with Crippen LogP contribution in [0.1, 0.15) is 38.6 Å². The van der Waals surface area contributed by atoms with Crippen LogP contribution in [0.4, 0.5) is 0 Å². The summed E-state index contributed by atoms with van der Waals surface area (Å²) in [6.45, 7) is 9.53. The van der Waals surface area contributed by atoms with Crippen LogP contribution in [-0.2, 0) is 4.79 Å². The lowest BCUT2D eigenvalue weighted by Gasteiger charge is -2.30. The molecule has 1 aliphatic heterocycles. The average Bonchev–Trinajstić information content (AvgIpc) is 2.87. The zero-order valence-corrected chi connectivity index (χ0v) is 11.4. The van der Waals surface area contributed by atoms with Crippen molar-refractivity contribution in [3.63, 3.8) is 0 Å². The first-order valence-corrected chi connectivity index (χ1v) is 6.63. The fraction of sp³-hybridized carbons (Fsp3) is 0.692. The van der Waals surface area contributed by atoms with Gasteiger partial charge < -0.3 is 14.8 Å². The molecule has 1 fully saturated rings. The number of carbonyl (C=O) groups excluding carboxylic acids is 1. The van der Waals surface area contributed by atoms with Gasteiger partial charge in [0.2, 0.25) is 5.91 Å². The first kappa shape index (κ1) is 13.1. The Morgan fingerprint density at radius 3 is 2.61 bits per heavy atom. The number of imidazole rings is 1. The van der Waals surface area contributed by atoms with E-state index in [1.54, 1.807) is 6.20 Å². The van der Waals surface area contributed by atoms with Gasteiger partial charge in [-0.1, -0.05) is 13.8 Å². The highest BCUT2D eigenvalue weighted by molar-refractivity contribution is 5.80. The Hall–Kier alpha value is -1.36. The minimum atomic E-state index is -0.164. The third-order valence-corrected chi connectivity index (χ3v) is 3.42. The Balaban J connectivity index is 2.12. The maximum Gasteiger partial charge on any atom is 0.245 e. The molecule has 0 saturated carbocycles. The van der Waals surface area contributed by atoms with Crippen LogP contribution in [0.5, 0.6) is 0 Å². The van der Waals surface area contributed by atoms with Gasteiger partial charge in [-0.15, -0.1) is 0 Å². The van der Waals surface area contributed by atoms with Crippen LogP contribution >= 0.6 is 0 Å². The molecule has 1 aromatic heterocycles. The summed E-state index contributed by atoms with van der Waals surface area (Å²) in [5, 5.41) is 3.26. The van der Waals surface area contributed by atoms with Gasteiger partial charge in [0.15, 0.2) is 0 Å². The highest BCUT2D eigenvalue weighted by Crippen LogP contribution is 2.18. The number of nitrogens with zero attached hydrogens (tertiary/aromatic N) is 3. The summed E-state index contributed by atoms with van der Waals surface area (Å²) in [5.41, 5.74) is 0. The maximum atomic E-state index is 12.4. The second kappa shape index (κ2) is 5.52. The Bertz CT molecular complexity index is 407. The van der Waals surface area contributed by atoms with Crippen LogP contribution in [-0.4, -0.2) is 46.5 Å². The van der Waals surface area contributed by atoms with Crippen molar-refractivity contribution >= 4 is 5.91 Å². The summed E-state index contributed by atoms with van der Waals surface area (Å²) in [6.07, 6.45) is 3.68. The molecule has 5 heteroatoms. The molecule has 2 heterocycles. The number of aromatic nitrogens is 2. The van der Waals surface area contributed by atoms with Crippen LogP contribution in [0.3, 0.4) is 0 Å². The third kappa shape index (κ3) is 2.56. The SMILES string of the molecule is CC(C)c1nccn1C(C)C(=O)N1CCNCC1. The van der Waals surface area contributed by atoms with E-state index >= 15 is 0 Å². The van der Waals surface area contributed by atoms with Gasteiger partial charge in [0.05, 0.1) is 0 Å². The predicted octanol–water partition coefficient (Wildman–Crippen LogP) is 0.999. The van der Waals surface area contributed by atoms with Crippen molar-refractivity contribution < 1.29 is 4.79 Å². The van der Waals surface area contributed by atoms with Crippen LogP contribution in [0.2, 0.25) is 0 Å². The fourth-order valence-electron chi connectivity index (χ4n) is 2.37. The number of hydrogen-bond donors (Lipinski definition) is 1. The fourth-order valence-corrected chi connectivity index (χ4v) is 2.37. The molecule has 1 aromatic rings. The largest absolute Gasteiger partial charge is 0.338 e. The minimum absolute atomic E-state index is 0.164. The Kier molecular flexibility index (Phi) is 4.01. The molecule has 2 rings (SSSR count). The molecule has 1 unspecified atom stereocenters. The van der Waals surface area contributed by atoms with E-state index in [0.717, 1.165) is 32.0 Å². The van der Waals surface area contributed by atoms with Gasteiger partial charge in [0, 0.05) is 44.5 Å². The predicted molar refractivity (Wildman–Crippen MR) is 70.5 cm³/mol. The monoisotopic (exact) mass is 250 g/mol. The molecule has 0 aromatic carbocycles. The lowest BCUT2D eigenvalue weighted by molar-refractivity contribution is -0.134. The number of rotatable bonds is 3. The lowest BCUT2D eigenvalue weighted by atomic mass is 10.2. The van der Waals surface area contributed by atoms with E-state index in [2.05, 4.69) is 24.1 Å². The van der Waals surface area contributed by atoms with Crippen molar-refractivity contribution in [2.75, 3.05) is 26.2 Å². The highest BCUT2D eigenvalue weighted by atomic mass is 16.2. The van der Waals surface area contributed by atoms with E-state index in [9.17, 15) is 4.79 Å². The van der Waals surface area contributed by atoms with Gasteiger partial charge in [-0.05, 0) is 6.92 Å². The molecule has 1 aliphatic rings. The van der Waals surface area contributed by atoms with E-state index in [0.29, 0.717) is 5.92 Å². The molecule has 1 amide bonds. The molecule has 0 spiro atoms. The summed E-state index contributed by atoms with van der Waals surface area (Å²) in [7, 11) is 0. The summed E-state index contributed by atoms with van der Waals surface area (Å²) in [6, 6.07) is -0.164. The molecule has 0 bridgehead atoms. The van der Waals surface area contributed by atoms with Crippen molar-refractivity contribution in [3.05, 3.63) is 18.2 Å². The zero-order chi connectivity index (χ0) is 13.1. The zero-order valence-electron chi connectivity index (χ0n) is 11.4. The molecular formula is C13H22N4O. The van der Waals surface area contributed by atoms with Crippen LogP contribution in [0, 0.1) is 0 Å². The van der Waals surface area contributed by atoms with Crippen LogP contribution < -0.4 is 5.32 Å². The second-order valence-corrected chi connectivity index (χ2v) is 5.10. The molecular weight excluding hydrogens is 228 g/mol. The highest BCUT2D eigenvalue weighted by Gasteiger charge is 2.25. The Morgan fingerprint density at radius 1 is 1.33 bits per heavy atom. The first-order chi connectivity index (χ1) is 8.61. The topological polar surface area (TPSA) is 50.2 Å². The normalized spacial score (nSPS) is 18.1. The van der Waals surface area contributed by atoms with Crippen molar-refractivity contribution in [2.24, 2.45) is 0 Å². The smallest absolute Gasteiger partial charge is 0.245 e. The Morgan fingerprint density at radius 2 is 2.00 bits per heavy atom. The van der Waals surface area contributed by atoms with Crippen molar-refractivity contribution in [1.82, 2.24) is 19.8 Å². The number of carbonyl (C=O) groups is 1. The van der Waals surface area contributed by atoms with Crippen molar-refractivity contribution in [3.8, 4) is 0 Å². The van der Waals surface area contributed by atoms with Gasteiger partial charge in [-0.25, -0.2) is 4.98 Å². The standard InChI is InChI=1S/C13H22N4O/c1-10(2)12-15-6-9-17(12)11(3)13(18)16-7-4-14-5-8-16/h6,9-11,14H,4-5,7-8H2,1-3H3. The van der Waals surface area contributed by atoms with E-state index in [1.165, 1.54) is 0 Å². The minimum Gasteiger partial charge on any atom is -0.338 e. The summed E-state index contributed by atoms with van der Waals surface area (Å²) >= 11 is 0. The Labute approximate surface area is 108 Å². The van der Waals surface area contributed by atoms with E-state index in [4.69, 9.17) is 0 Å². The van der Waals surface area contributed by atoms with Gasteiger partial charge in [0.25, 0.3) is 0 Å². The quantitative estimate of drug-likeness (QED) is 0.870. The molecule has 1 atom stereocenters. The third-order valence-electron chi connectivity index (χ3n) is 3.42. The van der Waals surface area contributed by atoms with Gasteiger partial charge in [0.1, 0.15) is 11.9 Å². The lowest BCUT2D eigenvalue weighted by Crippen LogP contribution is -2.48. The van der Waals surface area contributed by atoms with E-state index in [-0.39, 0.29) is 11.9 Å². The molecule has 1 saturated heterocycles. The van der Waals surface area contributed by atoms with Crippen molar-refractivity contribution in [2.45, 2.75) is 32.7 Å². The second-order valence-electron chi connectivity index (χ2n) is 5.10. The van der Waals surface area contributed by atoms with Crippen molar-refractivity contribution in [1.29, 1.82) is 0 Å². The van der Waals surface area contributed by atoms with Crippen LogP contribution in [0.25, 0.3) is 0 Å². The molecule has 100 valence electrons. The first-order valence-electron chi connectivity index (χ1n) is 6.63. The molecule has 0 aliphatic carbocycles. The van der Waals surface area contributed by atoms with E-state index in [1.807, 2.05) is 22.6 Å². The number of piperazine rings is 1. The molecule has 18 heavy (non-hydrogen) atoms. The average molecular weight is 250 g/mol. The van der Waals surface area contributed by atoms with Gasteiger partial charge >= 0.3 is 0 Å². The molecule has 0 radical (unpaired) electrons. The van der Waals surface area contributed by atoms with Gasteiger partial charge in [-0.2, -0.15) is 0 Å². The number of amides is 1. The molecule has 5 nitrogen and oxygen atoms in total.